The van der Waals surface area contributed by atoms with Crippen molar-refractivity contribution in [3.8, 4) is 0 Å². The van der Waals surface area contributed by atoms with E-state index in [-0.39, 0.29) is 6.10 Å². The lowest BCUT2D eigenvalue weighted by Crippen LogP contribution is -2.35. The second kappa shape index (κ2) is 2.55. The zero-order valence-corrected chi connectivity index (χ0v) is 5.28. The number of primary amides is 1. The van der Waals surface area contributed by atoms with Gasteiger partial charge in [-0.2, -0.15) is 0 Å². The summed E-state index contributed by atoms with van der Waals surface area (Å²) in [5.41, 5.74) is 5.37. The Morgan fingerprint density at radius 3 is 2.80 bits per heavy atom. The highest BCUT2D eigenvalue weighted by molar-refractivity contribution is 5.90. The minimum atomic E-state index is -0.776. The van der Waals surface area contributed by atoms with Crippen molar-refractivity contribution >= 4 is 11.8 Å². The molecule has 0 unspecified atom stereocenters. The van der Waals surface area contributed by atoms with E-state index in [0.717, 1.165) is 0 Å². The highest BCUT2D eigenvalue weighted by Gasteiger charge is 2.27. The highest BCUT2D eigenvalue weighted by atomic mass is 16.6. The summed E-state index contributed by atoms with van der Waals surface area (Å²) >= 11 is 0. The first-order valence-electron chi connectivity index (χ1n) is 2.88. The molecule has 0 aromatic heterocycles. The molecule has 0 atom stereocenters. The van der Waals surface area contributed by atoms with Gasteiger partial charge in [0.2, 0.25) is 0 Å². The molecule has 0 radical (unpaired) electrons. The molecule has 1 aliphatic rings. The van der Waals surface area contributed by atoms with Gasteiger partial charge in [-0.25, -0.2) is 4.79 Å². The summed E-state index contributed by atoms with van der Waals surface area (Å²) in [6, 6.07) is 0. The van der Waals surface area contributed by atoms with Gasteiger partial charge in [-0.15, -0.1) is 0 Å². The van der Waals surface area contributed by atoms with Crippen LogP contribution in [0.4, 0.5) is 4.79 Å². The molecule has 3 N–H and O–H groups in total. The van der Waals surface area contributed by atoms with Crippen LogP contribution < -0.4 is 5.73 Å². The molecule has 5 heteroatoms. The van der Waals surface area contributed by atoms with Crippen molar-refractivity contribution in [3.63, 3.8) is 0 Å². The van der Waals surface area contributed by atoms with Crippen LogP contribution in [0.3, 0.4) is 0 Å². The quantitative estimate of drug-likeness (QED) is 0.403. The van der Waals surface area contributed by atoms with Crippen LogP contribution in [0.5, 0.6) is 0 Å². The minimum Gasteiger partial charge on any atom is -0.446 e. The third-order valence-corrected chi connectivity index (χ3v) is 1.35. The van der Waals surface area contributed by atoms with Crippen LogP contribution in [-0.4, -0.2) is 23.1 Å². The number of nitrogens with two attached hydrogens (primary N) is 1. The maximum atomic E-state index is 10.1. The van der Waals surface area contributed by atoms with Gasteiger partial charge in [0.25, 0.3) is 0 Å². The standard InChI is InChI=1S/C5H8N2O3/c6-5(8)10-4-1-3(2-4)7-9/h4,9H,1-2H2,(H2,6,8). The van der Waals surface area contributed by atoms with E-state index in [2.05, 4.69) is 9.89 Å². The van der Waals surface area contributed by atoms with E-state index in [1.807, 2.05) is 0 Å². The molecule has 0 heterocycles. The van der Waals surface area contributed by atoms with Crippen molar-refractivity contribution in [2.75, 3.05) is 0 Å². The Balaban J connectivity index is 2.21. The van der Waals surface area contributed by atoms with Gasteiger partial charge < -0.3 is 15.7 Å². The number of nitrogens with zero attached hydrogens (tertiary/aromatic N) is 1. The van der Waals surface area contributed by atoms with Gasteiger partial charge in [0, 0.05) is 12.8 Å². The first kappa shape index (κ1) is 6.85. The molecule has 1 rings (SSSR count). The number of ether oxygens (including phenoxy) is 1. The Hall–Kier alpha value is -1.26. The number of carbonyl (C=O) groups is 1. The molecular weight excluding hydrogens is 136 g/mol. The molecule has 0 saturated heterocycles. The summed E-state index contributed by atoms with van der Waals surface area (Å²) in [7, 11) is 0. The number of amides is 1. The Morgan fingerprint density at radius 1 is 1.80 bits per heavy atom. The van der Waals surface area contributed by atoms with Crippen LogP contribution in [0.15, 0.2) is 5.16 Å². The molecule has 1 saturated carbocycles. The van der Waals surface area contributed by atoms with Crippen molar-refractivity contribution in [1.29, 1.82) is 0 Å². The van der Waals surface area contributed by atoms with Crippen LogP contribution in [0.1, 0.15) is 12.8 Å². The number of hydrogen-bond donors (Lipinski definition) is 2. The van der Waals surface area contributed by atoms with E-state index in [9.17, 15) is 4.79 Å². The second-order valence-corrected chi connectivity index (χ2v) is 2.13. The Bertz CT molecular complexity index is 170. The van der Waals surface area contributed by atoms with Crippen molar-refractivity contribution in [2.45, 2.75) is 18.9 Å². The molecule has 0 aromatic rings. The number of oxime groups is 1. The third kappa shape index (κ3) is 1.37. The molecule has 0 aromatic carbocycles. The summed E-state index contributed by atoms with van der Waals surface area (Å²) in [6.45, 7) is 0. The smallest absolute Gasteiger partial charge is 0.404 e. The molecule has 1 fully saturated rings. The fraction of sp³-hybridized carbons (Fsp3) is 0.600. The molecule has 5 nitrogen and oxygen atoms in total. The van der Waals surface area contributed by atoms with E-state index in [1.165, 1.54) is 0 Å². The average molecular weight is 144 g/mol. The van der Waals surface area contributed by atoms with E-state index >= 15 is 0 Å². The van der Waals surface area contributed by atoms with Gasteiger partial charge in [-0.05, 0) is 0 Å². The van der Waals surface area contributed by atoms with Crippen LogP contribution in [0.25, 0.3) is 0 Å². The Kier molecular flexibility index (Phi) is 1.75. The van der Waals surface area contributed by atoms with E-state index in [4.69, 9.17) is 10.9 Å². The fourth-order valence-corrected chi connectivity index (χ4v) is 0.795. The lowest BCUT2D eigenvalue weighted by Gasteiger charge is -2.24. The zero-order chi connectivity index (χ0) is 7.56. The summed E-state index contributed by atoms with van der Waals surface area (Å²) in [5, 5.41) is 11.1. The van der Waals surface area contributed by atoms with Gasteiger partial charge >= 0.3 is 6.09 Å². The largest absolute Gasteiger partial charge is 0.446 e. The minimum absolute atomic E-state index is 0.177. The van der Waals surface area contributed by atoms with Gasteiger partial charge in [-0.3, -0.25) is 0 Å². The first-order chi connectivity index (χ1) is 4.72. The molecule has 1 amide bonds. The van der Waals surface area contributed by atoms with Crippen LogP contribution in [0.2, 0.25) is 0 Å². The van der Waals surface area contributed by atoms with Crippen LogP contribution >= 0.6 is 0 Å². The SMILES string of the molecule is NC(=O)OC1CC(=NO)C1. The predicted octanol–water partition coefficient (Wildman–Crippen LogP) is 0.0743. The van der Waals surface area contributed by atoms with Gasteiger partial charge in [0.05, 0.1) is 5.71 Å². The summed E-state index contributed by atoms with van der Waals surface area (Å²) in [5.74, 6) is 0. The fourth-order valence-electron chi connectivity index (χ4n) is 0.795. The number of hydrogen-bond acceptors (Lipinski definition) is 4. The van der Waals surface area contributed by atoms with Crippen LogP contribution in [0, 0.1) is 0 Å². The maximum Gasteiger partial charge on any atom is 0.404 e. The second-order valence-electron chi connectivity index (χ2n) is 2.13. The summed E-state index contributed by atoms with van der Waals surface area (Å²) in [4.78, 5) is 10.1. The van der Waals surface area contributed by atoms with E-state index in [1.54, 1.807) is 0 Å². The van der Waals surface area contributed by atoms with Crippen molar-refractivity contribution < 1.29 is 14.7 Å². The lowest BCUT2D eigenvalue weighted by molar-refractivity contribution is 0.0986. The average Bonchev–Trinajstić information content (AvgIpc) is 1.76. The normalized spacial score (nSPS) is 23.2. The van der Waals surface area contributed by atoms with Crippen molar-refractivity contribution in [2.24, 2.45) is 10.9 Å². The van der Waals surface area contributed by atoms with E-state index in [0.29, 0.717) is 18.6 Å². The zero-order valence-electron chi connectivity index (χ0n) is 5.28. The lowest BCUT2D eigenvalue weighted by atomic mass is 9.93. The van der Waals surface area contributed by atoms with Gasteiger partial charge in [0.15, 0.2) is 0 Å². The summed E-state index contributed by atoms with van der Waals surface area (Å²) < 4.78 is 4.57. The van der Waals surface area contributed by atoms with Crippen LogP contribution in [-0.2, 0) is 4.74 Å². The number of carbonyl (C=O) groups excluding carboxylic acids is 1. The maximum absolute atomic E-state index is 10.1. The molecule has 0 spiro atoms. The topological polar surface area (TPSA) is 84.9 Å². The van der Waals surface area contributed by atoms with Gasteiger partial charge in [-0.1, -0.05) is 5.16 Å². The monoisotopic (exact) mass is 144 g/mol. The first-order valence-corrected chi connectivity index (χ1v) is 2.88. The van der Waals surface area contributed by atoms with E-state index < -0.39 is 6.09 Å². The molecular formula is C5H8N2O3. The summed E-state index contributed by atoms with van der Waals surface area (Å²) in [6.07, 6.45) is 0.0455. The molecule has 1 aliphatic carbocycles. The highest BCUT2D eigenvalue weighted by Crippen LogP contribution is 2.19. The van der Waals surface area contributed by atoms with Gasteiger partial charge in [0.1, 0.15) is 6.10 Å². The molecule has 0 bridgehead atoms. The molecule has 56 valence electrons. The third-order valence-electron chi connectivity index (χ3n) is 1.35. The Labute approximate surface area is 57.5 Å². The van der Waals surface area contributed by atoms with Crippen molar-refractivity contribution in [1.82, 2.24) is 0 Å². The molecule has 10 heavy (non-hydrogen) atoms. The predicted molar refractivity (Wildman–Crippen MR) is 32.9 cm³/mol. The number of rotatable bonds is 1. The van der Waals surface area contributed by atoms with Crippen molar-refractivity contribution in [3.05, 3.63) is 0 Å². The Morgan fingerprint density at radius 2 is 2.40 bits per heavy atom. The molecule has 0 aliphatic heterocycles.